The highest BCUT2D eigenvalue weighted by Crippen LogP contribution is 2.34. The van der Waals surface area contributed by atoms with Crippen LogP contribution in [0.5, 0.6) is 0 Å². The second kappa shape index (κ2) is 6.22. The SMILES string of the molecule is CCNC1CCN(c2cc(C(F)(F)F)ccc2F)CC1C. The van der Waals surface area contributed by atoms with Gasteiger partial charge in [0.15, 0.2) is 0 Å². The first-order chi connectivity index (χ1) is 9.82. The fourth-order valence-corrected chi connectivity index (χ4v) is 2.86. The topological polar surface area (TPSA) is 15.3 Å². The van der Waals surface area contributed by atoms with Crippen molar-refractivity contribution in [1.82, 2.24) is 5.32 Å². The van der Waals surface area contributed by atoms with Gasteiger partial charge >= 0.3 is 6.18 Å². The number of anilines is 1. The minimum absolute atomic E-state index is 0.0478. The zero-order chi connectivity index (χ0) is 15.6. The Morgan fingerprint density at radius 1 is 1.33 bits per heavy atom. The van der Waals surface area contributed by atoms with Gasteiger partial charge in [0.1, 0.15) is 5.82 Å². The molecule has 1 aromatic rings. The molecule has 2 rings (SSSR count). The molecule has 1 N–H and O–H groups in total. The molecule has 2 nitrogen and oxygen atoms in total. The number of hydrogen-bond acceptors (Lipinski definition) is 2. The number of piperidine rings is 1. The Morgan fingerprint density at radius 3 is 2.62 bits per heavy atom. The summed E-state index contributed by atoms with van der Waals surface area (Å²) < 4.78 is 52.2. The molecular weight excluding hydrogens is 284 g/mol. The van der Waals surface area contributed by atoms with Gasteiger partial charge in [-0.15, -0.1) is 0 Å². The molecule has 1 saturated heterocycles. The molecule has 0 aromatic heterocycles. The zero-order valence-electron chi connectivity index (χ0n) is 12.2. The molecule has 0 saturated carbocycles. The molecule has 2 unspecified atom stereocenters. The van der Waals surface area contributed by atoms with Crippen LogP contribution in [0.2, 0.25) is 0 Å². The molecule has 6 heteroatoms. The lowest BCUT2D eigenvalue weighted by Crippen LogP contribution is -2.48. The van der Waals surface area contributed by atoms with Gasteiger partial charge in [0, 0.05) is 19.1 Å². The highest BCUT2D eigenvalue weighted by Gasteiger charge is 2.33. The maximum atomic E-state index is 13.9. The van der Waals surface area contributed by atoms with E-state index in [9.17, 15) is 17.6 Å². The fourth-order valence-electron chi connectivity index (χ4n) is 2.86. The van der Waals surface area contributed by atoms with Crippen molar-refractivity contribution in [2.24, 2.45) is 5.92 Å². The lowest BCUT2D eigenvalue weighted by molar-refractivity contribution is -0.137. The van der Waals surface area contributed by atoms with Crippen molar-refractivity contribution in [2.45, 2.75) is 32.5 Å². The van der Waals surface area contributed by atoms with Crippen molar-refractivity contribution in [1.29, 1.82) is 0 Å². The summed E-state index contributed by atoms with van der Waals surface area (Å²) in [5, 5.41) is 3.36. The van der Waals surface area contributed by atoms with E-state index in [1.807, 2.05) is 13.8 Å². The van der Waals surface area contributed by atoms with Crippen LogP contribution in [0.25, 0.3) is 0 Å². The minimum Gasteiger partial charge on any atom is -0.369 e. The Labute approximate surface area is 122 Å². The number of halogens is 4. The Bertz CT molecular complexity index is 487. The third kappa shape index (κ3) is 3.67. The average molecular weight is 304 g/mol. The first-order valence-electron chi connectivity index (χ1n) is 7.18. The summed E-state index contributed by atoms with van der Waals surface area (Å²) in [4.78, 5) is 1.71. The summed E-state index contributed by atoms with van der Waals surface area (Å²) in [7, 11) is 0. The van der Waals surface area contributed by atoms with E-state index in [-0.39, 0.29) is 11.6 Å². The van der Waals surface area contributed by atoms with E-state index >= 15 is 0 Å². The second-order valence-electron chi connectivity index (χ2n) is 5.54. The molecule has 0 spiro atoms. The molecule has 118 valence electrons. The Kier molecular flexibility index (Phi) is 4.76. The van der Waals surface area contributed by atoms with Crippen molar-refractivity contribution in [2.75, 3.05) is 24.5 Å². The van der Waals surface area contributed by atoms with E-state index in [0.717, 1.165) is 31.2 Å². The molecule has 0 amide bonds. The van der Waals surface area contributed by atoms with Crippen LogP contribution in [0.3, 0.4) is 0 Å². The Morgan fingerprint density at radius 2 is 2.05 bits per heavy atom. The maximum Gasteiger partial charge on any atom is 0.416 e. The Hall–Kier alpha value is -1.30. The predicted molar refractivity (Wildman–Crippen MR) is 74.9 cm³/mol. The van der Waals surface area contributed by atoms with Gasteiger partial charge in [-0.05, 0) is 37.1 Å². The van der Waals surface area contributed by atoms with E-state index in [1.165, 1.54) is 0 Å². The van der Waals surface area contributed by atoms with E-state index in [4.69, 9.17) is 0 Å². The smallest absolute Gasteiger partial charge is 0.369 e. The summed E-state index contributed by atoms with van der Waals surface area (Å²) in [6, 6.07) is 2.93. The highest BCUT2D eigenvalue weighted by atomic mass is 19.4. The molecule has 1 aliphatic rings. The average Bonchev–Trinajstić information content (AvgIpc) is 2.40. The van der Waals surface area contributed by atoms with Gasteiger partial charge in [0.2, 0.25) is 0 Å². The van der Waals surface area contributed by atoms with E-state index in [0.29, 0.717) is 19.1 Å². The van der Waals surface area contributed by atoms with Gasteiger partial charge in [-0.1, -0.05) is 13.8 Å². The van der Waals surface area contributed by atoms with Crippen molar-refractivity contribution in [3.05, 3.63) is 29.6 Å². The van der Waals surface area contributed by atoms with Crippen molar-refractivity contribution < 1.29 is 17.6 Å². The summed E-state index contributed by atoms with van der Waals surface area (Å²) >= 11 is 0. The molecule has 1 fully saturated rings. The lowest BCUT2D eigenvalue weighted by Gasteiger charge is -2.38. The van der Waals surface area contributed by atoms with Crippen LogP contribution in [0.4, 0.5) is 23.2 Å². The first-order valence-corrected chi connectivity index (χ1v) is 7.18. The zero-order valence-corrected chi connectivity index (χ0v) is 12.2. The Balaban J connectivity index is 2.19. The summed E-state index contributed by atoms with van der Waals surface area (Å²) in [5.41, 5.74) is -0.757. The molecular formula is C15H20F4N2. The highest BCUT2D eigenvalue weighted by molar-refractivity contribution is 5.51. The third-order valence-corrected chi connectivity index (χ3v) is 3.99. The fraction of sp³-hybridized carbons (Fsp3) is 0.600. The van der Waals surface area contributed by atoms with Gasteiger partial charge in [0.25, 0.3) is 0 Å². The minimum atomic E-state index is -4.45. The summed E-state index contributed by atoms with van der Waals surface area (Å²) in [6.07, 6.45) is -3.65. The number of nitrogens with one attached hydrogen (secondary N) is 1. The van der Waals surface area contributed by atoms with Crippen LogP contribution in [-0.2, 0) is 6.18 Å². The van der Waals surface area contributed by atoms with Crippen molar-refractivity contribution in [3.8, 4) is 0 Å². The molecule has 2 atom stereocenters. The van der Waals surface area contributed by atoms with Crippen molar-refractivity contribution >= 4 is 5.69 Å². The first kappa shape index (κ1) is 16.1. The summed E-state index contributed by atoms with van der Waals surface area (Å²) in [5.74, 6) is -0.343. The largest absolute Gasteiger partial charge is 0.416 e. The molecule has 0 bridgehead atoms. The number of nitrogens with zero attached hydrogens (tertiary/aromatic N) is 1. The van der Waals surface area contributed by atoms with Gasteiger partial charge in [0.05, 0.1) is 11.3 Å². The van der Waals surface area contributed by atoms with Gasteiger partial charge in [-0.3, -0.25) is 0 Å². The lowest BCUT2D eigenvalue weighted by atomic mass is 9.93. The molecule has 0 aliphatic carbocycles. The normalized spacial score (nSPS) is 23.4. The van der Waals surface area contributed by atoms with Gasteiger partial charge in [-0.25, -0.2) is 4.39 Å². The number of rotatable bonds is 3. The van der Waals surface area contributed by atoms with E-state index in [1.54, 1.807) is 4.90 Å². The van der Waals surface area contributed by atoms with E-state index < -0.39 is 17.6 Å². The van der Waals surface area contributed by atoms with Crippen LogP contribution >= 0.6 is 0 Å². The summed E-state index contributed by atoms with van der Waals surface area (Å²) in [6.45, 7) is 6.01. The van der Waals surface area contributed by atoms with Crippen molar-refractivity contribution in [3.63, 3.8) is 0 Å². The van der Waals surface area contributed by atoms with Crippen LogP contribution in [-0.4, -0.2) is 25.7 Å². The van der Waals surface area contributed by atoms with Crippen LogP contribution in [0.1, 0.15) is 25.8 Å². The number of alkyl halides is 3. The second-order valence-corrected chi connectivity index (χ2v) is 5.54. The van der Waals surface area contributed by atoms with Gasteiger partial charge < -0.3 is 10.2 Å². The standard InChI is InChI=1S/C15H20F4N2/c1-3-20-13-6-7-21(9-10(13)2)14-8-11(15(17,18)19)4-5-12(14)16/h4-5,8,10,13,20H,3,6-7,9H2,1-2H3. The quantitative estimate of drug-likeness (QED) is 0.857. The van der Waals surface area contributed by atoms with Gasteiger partial charge in [-0.2, -0.15) is 13.2 Å². The monoisotopic (exact) mass is 304 g/mol. The molecule has 1 heterocycles. The number of benzene rings is 1. The number of hydrogen-bond donors (Lipinski definition) is 1. The van der Waals surface area contributed by atoms with Crippen LogP contribution < -0.4 is 10.2 Å². The van der Waals surface area contributed by atoms with E-state index in [2.05, 4.69) is 5.32 Å². The third-order valence-electron chi connectivity index (χ3n) is 3.99. The molecule has 0 radical (unpaired) electrons. The molecule has 21 heavy (non-hydrogen) atoms. The van der Waals surface area contributed by atoms with Crippen LogP contribution in [0, 0.1) is 11.7 Å². The molecule has 1 aliphatic heterocycles. The van der Waals surface area contributed by atoms with Crippen LogP contribution in [0.15, 0.2) is 18.2 Å². The predicted octanol–water partition coefficient (Wildman–Crippen LogP) is 3.67. The molecule has 1 aromatic carbocycles. The maximum absolute atomic E-state index is 13.9.